The summed E-state index contributed by atoms with van der Waals surface area (Å²) in [6, 6.07) is 39.4. The number of rotatable bonds is 2. The Morgan fingerprint density at radius 2 is 1.10 bits per heavy atom. The second-order valence-electron chi connectivity index (χ2n) is 17.1. The number of hydrogen-bond donors (Lipinski definition) is 0. The molecule has 3 heteroatoms. The van der Waals surface area contributed by atoms with Crippen molar-refractivity contribution in [1.82, 2.24) is 9.97 Å². The van der Waals surface area contributed by atoms with E-state index in [0.29, 0.717) is 0 Å². The van der Waals surface area contributed by atoms with Gasteiger partial charge in [0.2, 0.25) is 0 Å². The van der Waals surface area contributed by atoms with Gasteiger partial charge >= 0.3 is 0 Å². The van der Waals surface area contributed by atoms with Crippen molar-refractivity contribution in [3.05, 3.63) is 143 Å². The van der Waals surface area contributed by atoms with Crippen LogP contribution in [0.2, 0.25) is 0 Å². The van der Waals surface area contributed by atoms with E-state index < -0.39 is 0 Å². The van der Waals surface area contributed by atoms with Crippen LogP contribution in [-0.4, -0.2) is 9.97 Å². The molecule has 0 saturated carbocycles. The Hall–Kier alpha value is -3.91. The molecule has 0 aliphatic heterocycles. The molecule has 6 aromatic rings. The van der Waals surface area contributed by atoms with Gasteiger partial charge in [-0.2, -0.15) is 0 Å². The van der Waals surface area contributed by atoms with Crippen LogP contribution in [0.15, 0.2) is 103 Å². The van der Waals surface area contributed by atoms with Crippen LogP contribution in [0, 0.1) is 12.1 Å². The molecule has 1 radical (unpaired) electrons. The Labute approximate surface area is 314 Å². The molecule has 0 amide bonds. The van der Waals surface area contributed by atoms with Gasteiger partial charge in [0.25, 0.3) is 0 Å². The first kappa shape index (κ1) is 37.3. The van der Waals surface area contributed by atoms with Gasteiger partial charge in [-0.1, -0.05) is 125 Å². The van der Waals surface area contributed by atoms with E-state index in [9.17, 15) is 0 Å². The summed E-state index contributed by atoms with van der Waals surface area (Å²) in [6.45, 7) is 24.6. The molecule has 2 nitrogen and oxygen atoms in total. The minimum absolute atomic E-state index is 0. The summed E-state index contributed by atoms with van der Waals surface area (Å²) >= 11 is 0. The first-order chi connectivity index (χ1) is 23.0. The van der Waals surface area contributed by atoms with Crippen LogP contribution in [0.5, 0.6) is 0 Å². The quantitative estimate of drug-likeness (QED) is 0.162. The molecule has 0 atom stereocenters. The minimum Gasteiger partial charge on any atom is -0.304 e. The van der Waals surface area contributed by atoms with Crippen molar-refractivity contribution in [1.29, 1.82) is 0 Å². The molecule has 2 heterocycles. The maximum absolute atomic E-state index is 4.84. The third-order valence-electron chi connectivity index (χ3n) is 9.94. The van der Waals surface area contributed by atoms with Crippen molar-refractivity contribution < 1.29 is 20.1 Å². The average Bonchev–Trinajstić information content (AvgIpc) is 3.31. The summed E-state index contributed by atoms with van der Waals surface area (Å²) in [6.07, 6.45) is 3.92. The fraction of sp³-hybridized carbons (Fsp3) is 0.319. The maximum atomic E-state index is 4.84. The van der Waals surface area contributed by atoms with Gasteiger partial charge in [0.05, 0.1) is 0 Å². The zero-order chi connectivity index (χ0) is 35.4. The summed E-state index contributed by atoms with van der Waals surface area (Å²) < 4.78 is 0. The smallest absolute Gasteiger partial charge is 0.0198 e. The molecule has 0 fully saturated rings. The van der Waals surface area contributed by atoms with Gasteiger partial charge in [-0.25, -0.2) is 0 Å². The van der Waals surface area contributed by atoms with Crippen molar-refractivity contribution in [2.75, 3.05) is 0 Å². The van der Waals surface area contributed by atoms with Gasteiger partial charge in [-0.3, -0.25) is 0 Å². The van der Waals surface area contributed by atoms with Crippen LogP contribution in [0.1, 0.15) is 104 Å². The summed E-state index contributed by atoms with van der Waals surface area (Å²) in [5, 5.41) is 2.63. The van der Waals surface area contributed by atoms with Crippen LogP contribution in [-0.2, 0) is 41.8 Å². The molecule has 0 N–H and O–H groups in total. The Bertz CT molecular complexity index is 2050. The number of benzene rings is 4. The SMILES string of the molecule is CC(C)(C)c1c[c-]c(-c2ccc(C(C)(C)C)cn2)cc1.CC(C)(C)c1c[c-]c(-c2nccc3c2C(C)(C)c2c-3ccc3ccccc23)cc1.[Ir]. The van der Waals surface area contributed by atoms with Gasteiger partial charge < -0.3 is 9.97 Å². The molecule has 0 unspecified atom stereocenters. The topological polar surface area (TPSA) is 25.8 Å². The van der Waals surface area contributed by atoms with E-state index in [0.717, 1.165) is 22.5 Å². The number of fused-ring (bicyclic) bond motifs is 5. The summed E-state index contributed by atoms with van der Waals surface area (Å²) in [5.41, 5.74) is 13.7. The fourth-order valence-electron chi connectivity index (χ4n) is 6.90. The first-order valence-corrected chi connectivity index (χ1v) is 17.5. The number of pyridine rings is 2. The zero-order valence-corrected chi connectivity index (χ0v) is 33.9. The number of aromatic nitrogens is 2. The Morgan fingerprint density at radius 1 is 0.540 bits per heavy atom. The second-order valence-corrected chi connectivity index (χ2v) is 17.1. The van der Waals surface area contributed by atoms with Crippen LogP contribution in [0.25, 0.3) is 44.4 Å². The van der Waals surface area contributed by atoms with Crippen LogP contribution >= 0.6 is 0 Å². The molecule has 1 aliphatic rings. The fourth-order valence-corrected chi connectivity index (χ4v) is 6.90. The maximum Gasteiger partial charge on any atom is 0.0198 e. The van der Waals surface area contributed by atoms with E-state index in [1.165, 1.54) is 49.7 Å². The summed E-state index contributed by atoms with van der Waals surface area (Å²) in [5.74, 6) is 0. The van der Waals surface area contributed by atoms with E-state index in [1.54, 1.807) is 0 Å². The molecule has 2 aromatic heterocycles. The normalized spacial score (nSPS) is 13.5. The van der Waals surface area contributed by atoms with Crippen molar-refractivity contribution in [2.24, 2.45) is 0 Å². The van der Waals surface area contributed by atoms with Gasteiger partial charge in [-0.15, -0.1) is 70.8 Å². The third kappa shape index (κ3) is 7.27. The van der Waals surface area contributed by atoms with E-state index in [-0.39, 0.29) is 41.8 Å². The first-order valence-electron chi connectivity index (χ1n) is 17.5. The Balaban J connectivity index is 0.000000204. The molecule has 4 aromatic carbocycles. The molecule has 259 valence electrons. The van der Waals surface area contributed by atoms with Crippen LogP contribution in [0.4, 0.5) is 0 Å². The molecule has 7 rings (SSSR count). The van der Waals surface area contributed by atoms with Gasteiger partial charge in [0, 0.05) is 37.9 Å². The Kier molecular flexibility index (Phi) is 10.2. The molecule has 0 spiro atoms. The van der Waals surface area contributed by atoms with Crippen molar-refractivity contribution >= 4 is 10.8 Å². The van der Waals surface area contributed by atoms with Crippen LogP contribution in [0.3, 0.4) is 0 Å². The molecule has 50 heavy (non-hydrogen) atoms. The van der Waals surface area contributed by atoms with Gasteiger partial charge in [0.1, 0.15) is 0 Å². The van der Waals surface area contributed by atoms with Crippen LogP contribution < -0.4 is 0 Å². The van der Waals surface area contributed by atoms with Crippen molar-refractivity contribution in [2.45, 2.75) is 97.8 Å². The molecular formula is C47H50IrN2-2. The van der Waals surface area contributed by atoms with E-state index in [2.05, 4.69) is 184 Å². The zero-order valence-electron chi connectivity index (χ0n) is 31.5. The number of hydrogen-bond acceptors (Lipinski definition) is 2. The average molecular weight is 835 g/mol. The largest absolute Gasteiger partial charge is 0.304 e. The molecule has 0 bridgehead atoms. The predicted molar refractivity (Wildman–Crippen MR) is 208 cm³/mol. The summed E-state index contributed by atoms with van der Waals surface area (Å²) in [7, 11) is 0. The van der Waals surface area contributed by atoms with Crippen molar-refractivity contribution in [3.8, 4) is 33.6 Å². The monoisotopic (exact) mass is 835 g/mol. The molecular weight excluding hydrogens is 785 g/mol. The molecule has 0 saturated heterocycles. The Morgan fingerprint density at radius 3 is 1.64 bits per heavy atom. The second kappa shape index (κ2) is 13.7. The van der Waals surface area contributed by atoms with E-state index >= 15 is 0 Å². The molecule has 1 aliphatic carbocycles. The minimum atomic E-state index is -0.119. The number of nitrogens with zero attached hydrogens (tertiary/aromatic N) is 2. The van der Waals surface area contributed by atoms with E-state index in [1.807, 2.05) is 12.4 Å². The summed E-state index contributed by atoms with van der Waals surface area (Å²) in [4.78, 5) is 9.42. The third-order valence-corrected chi connectivity index (χ3v) is 9.94. The van der Waals surface area contributed by atoms with Crippen molar-refractivity contribution in [3.63, 3.8) is 0 Å². The van der Waals surface area contributed by atoms with E-state index in [4.69, 9.17) is 4.98 Å². The van der Waals surface area contributed by atoms with Gasteiger partial charge in [0.15, 0.2) is 0 Å². The van der Waals surface area contributed by atoms with Gasteiger partial charge in [-0.05, 0) is 72.3 Å². The standard InChI is InChI=1S/C28H26N.C19H24N.Ir/c1-27(2,3)20-13-10-19(11-14-20)26-25-23(16-17-29-26)22-15-12-18-8-6-7-9-21(18)24(22)28(25,4)5;1-18(2,3)15-9-7-14(8-10-15)17-12-11-16(13-20-17)19(4,5)6;/h6-10,12-17H,1-5H3;7,9-13H,1-6H3;/q2*-1;. The predicted octanol–water partition coefficient (Wildman–Crippen LogP) is 12.4.